The minimum Gasteiger partial charge on any atom is -0.302 e. The van der Waals surface area contributed by atoms with Crippen molar-refractivity contribution in [2.24, 2.45) is 0 Å². The lowest BCUT2D eigenvalue weighted by atomic mass is 10.0. The molecule has 2 nitrogen and oxygen atoms in total. The SMILES string of the molecule is CC[C@H](N[C@@H](CSC)c1ccccc1)c1ccncc1. The van der Waals surface area contributed by atoms with E-state index in [9.17, 15) is 0 Å². The summed E-state index contributed by atoms with van der Waals surface area (Å²) in [6.07, 6.45) is 6.96. The van der Waals surface area contributed by atoms with E-state index >= 15 is 0 Å². The van der Waals surface area contributed by atoms with Gasteiger partial charge < -0.3 is 5.32 Å². The summed E-state index contributed by atoms with van der Waals surface area (Å²) in [6, 6.07) is 15.6. The third kappa shape index (κ3) is 4.09. The molecule has 0 saturated heterocycles. The number of aromatic nitrogens is 1. The Morgan fingerprint density at radius 1 is 1.00 bits per heavy atom. The van der Waals surface area contributed by atoms with Crippen molar-refractivity contribution >= 4 is 11.8 Å². The quantitative estimate of drug-likeness (QED) is 0.824. The number of hydrogen-bond donors (Lipinski definition) is 1. The van der Waals surface area contributed by atoms with E-state index in [-0.39, 0.29) is 0 Å². The molecule has 3 heteroatoms. The Balaban J connectivity index is 2.14. The molecule has 1 N–H and O–H groups in total. The van der Waals surface area contributed by atoms with Gasteiger partial charge in [0.1, 0.15) is 0 Å². The lowest BCUT2D eigenvalue weighted by Crippen LogP contribution is -2.27. The lowest BCUT2D eigenvalue weighted by Gasteiger charge is -2.25. The molecule has 106 valence electrons. The largest absolute Gasteiger partial charge is 0.302 e. The average Bonchev–Trinajstić information content (AvgIpc) is 2.53. The van der Waals surface area contributed by atoms with Crippen molar-refractivity contribution in [1.29, 1.82) is 0 Å². The van der Waals surface area contributed by atoms with Gasteiger partial charge in [0.2, 0.25) is 0 Å². The molecular weight excluding hydrogens is 264 g/mol. The highest BCUT2D eigenvalue weighted by atomic mass is 32.2. The minimum atomic E-state index is 0.371. The molecule has 1 aromatic heterocycles. The average molecular weight is 286 g/mol. The van der Waals surface area contributed by atoms with Crippen molar-refractivity contribution in [3.05, 3.63) is 66.0 Å². The third-order valence-electron chi connectivity index (χ3n) is 3.45. The summed E-state index contributed by atoms with van der Waals surface area (Å²) >= 11 is 1.88. The van der Waals surface area contributed by atoms with Gasteiger partial charge in [-0.2, -0.15) is 11.8 Å². The normalized spacial score (nSPS) is 13.9. The van der Waals surface area contributed by atoms with Crippen LogP contribution in [-0.4, -0.2) is 17.0 Å². The maximum absolute atomic E-state index is 4.10. The van der Waals surface area contributed by atoms with Crippen LogP contribution in [-0.2, 0) is 0 Å². The van der Waals surface area contributed by atoms with E-state index in [1.165, 1.54) is 11.1 Å². The van der Waals surface area contributed by atoms with Crippen LogP contribution >= 0.6 is 11.8 Å². The third-order valence-corrected chi connectivity index (χ3v) is 4.12. The van der Waals surface area contributed by atoms with Crippen molar-refractivity contribution in [2.75, 3.05) is 12.0 Å². The topological polar surface area (TPSA) is 24.9 Å². The molecule has 2 aromatic rings. The fourth-order valence-electron chi connectivity index (χ4n) is 2.38. The molecule has 0 radical (unpaired) electrons. The zero-order valence-electron chi connectivity index (χ0n) is 12.1. The van der Waals surface area contributed by atoms with Crippen molar-refractivity contribution in [3.63, 3.8) is 0 Å². The predicted molar refractivity (Wildman–Crippen MR) is 88.0 cm³/mol. The number of rotatable bonds is 7. The molecule has 2 rings (SSSR count). The Bertz CT molecular complexity index is 487. The lowest BCUT2D eigenvalue weighted by molar-refractivity contribution is 0.460. The number of nitrogens with zero attached hydrogens (tertiary/aromatic N) is 1. The van der Waals surface area contributed by atoms with Gasteiger partial charge in [0, 0.05) is 30.2 Å². The van der Waals surface area contributed by atoms with E-state index in [4.69, 9.17) is 0 Å². The first-order valence-corrected chi connectivity index (χ1v) is 8.44. The molecule has 0 unspecified atom stereocenters. The first-order valence-electron chi connectivity index (χ1n) is 7.05. The van der Waals surface area contributed by atoms with E-state index in [0.29, 0.717) is 12.1 Å². The number of hydrogen-bond acceptors (Lipinski definition) is 3. The summed E-state index contributed by atoms with van der Waals surface area (Å²) < 4.78 is 0. The summed E-state index contributed by atoms with van der Waals surface area (Å²) in [5, 5.41) is 3.79. The van der Waals surface area contributed by atoms with Gasteiger partial charge in [0.25, 0.3) is 0 Å². The van der Waals surface area contributed by atoms with Crippen LogP contribution in [0.2, 0.25) is 0 Å². The maximum Gasteiger partial charge on any atom is 0.0416 e. The molecule has 0 bridgehead atoms. The van der Waals surface area contributed by atoms with Gasteiger partial charge in [0.05, 0.1) is 0 Å². The van der Waals surface area contributed by atoms with Crippen LogP contribution in [0.3, 0.4) is 0 Å². The van der Waals surface area contributed by atoms with Crippen LogP contribution in [0.15, 0.2) is 54.9 Å². The first kappa shape index (κ1) is 15.1. The van der Waals surface area contributed by atoms with Gasteiger partial charge in [-0.1, -0.05) is 37.3 Å². The van der Waals surface area contributed by atoms with E-state index in [0.717, 1.165) is 12.2 Å². The van der Waals surface area contributed by atoms with Gasteiger partial charge in [-0.25, -0.2) is 0 Å². The van der Waals surface area contributed by atoms with Gasteiger partial charge in [-0.15, -0.1) is 0 Å². The van der Waals surface area contributed by atoms with E-state index in [1.54, 1.807) is 0 Å². The maximum atomic E-state index is 4.10. The number of benzene rings is 1. The standard InChI is InChI=1S/C17H22N2S/c1-3-16(15-9-11-18-12-10-15)19-17(13-20-2)14-7-5-4-6-8-14/h4-12,16-17,19H,3,13H2,1-2H3/t16-,17-/m0/s1. The van der Waals surface area contributed by atoms with Crippen molar-refractivity contribution in [2.45, 2.75) is 25.4 Å². The molecule has 0 aliphatic heterocycles. The summed E-state index contributed by atoms with van der Waals surface area (Å²) in [5.41, 5.74) is 2.67. The summed E-state index contributed by atoms with van der Waals surface area (Å²) in [6.45, 7) is 2.22. The van der Waals surface area contributed by atoms with Crippen LogP contribution < -0.4 is 5.32 Å². The zero-order valence-corrected chi connectivity index (χ0v) is 12.9. The highest BCUT2D eigenvalue weighted by Crippen LogP contribution is 2.24. The molecule has 20 heavy (non-hydrogen) atoms. The summed E-state index contributed by atoms with van der Waals surface area (Å²) in [4.78, 5) is 4.10. The molecule has 0 fully saturated rings. The Kier molecular flexibility index (Phi) is 6.09. The number of thioether (sulfide) groups is 1. The molecule has 0 amide bonds. The number of pyridine rings is 1. The predicted octanol–water partition coefficient (Wildman–Crippen LogP) is 4.23. The molecular formula is C17H22N2S. The van der Waals surface area contributed by atoms with Crippen molar-refractivity contribution in [3.8, 4) is 0 Å². The molecule has 1 heterocycles. The second kappa shape index (κ2) is 8.08. The minimum absolute atomic E-state index is 0.371. The molecule has 0 aliphatic carbocycles. The molecule has 2 atom stereocenters. The molecule has 0 spiro atoms. The van der Waals surface area contributed by atoms with E-state index < -0.39 is 0 Å². The summed E-state index contributed by atoms with van der Waals surface area (Å²) in [5.74, 6) is 1.07. The fraction of sp³-hybridized carbons (Fsp3) is 0.353. The van der Waals surface area contributed by atoms with Crippen LogP contribution in [0.25, 0.3) is 0 Å². The van der Waals surface area contributed by atoms with E-state index in [1.807, 2.05) is 24.2 Å². The second-order valence-electron chi connectivity index (χ2n) is 4.83. The molecule has 0 aliphatic rings. The highest BCUT2D eigenvalue weighted by Gasteiger charge is 2.16. The first-order chi connectivity index (χ1) is 9.85. The number of nitrogens with one attached hydrogen (secondary N) is 1. The highest BCUT2D eigenvalue weighted by molar-refractivity contribution is 7.98. The summed E-state index contributed by atoms with van der Waals surface area (Å²) in [7, 11) is 0. The molecule has 1 aromatic carbocycles. The van der Waals surface area contributed by atoms with Crippen molar-refractivity contribution < 1.29 is 0 Å². The van der Waals surface area contributed by atoms with Crippen LogP contribution in [0, 0.1) is 0 Å². The van der Waals surface area contributed by atoms with E-state index in [2.05, 4.69) is 65.9 Å². The molecule has 0 saturated carbocycles. The van der Waals surface area contributed by atoms with Crippen LogP contribution in [0.4, 0.5) is 0 Å². The Morgan fingerprint density at radius 2 is 1.65 bits per heavy atom. The van der Waals surface area contributed by atoms with Crippen LogP contribution in [0.1, 0.15) is 36.6 Å². The van der Waals surface area contributed by atoms with Gasteiger partial charge in [0.15, 0.2) is 0 Å². The van der Waals surface area contributed by atoms with Crippen molar-refractivity contribution in [1.82, 2.24) is 10.3 Å². The smallest absolute Gasteiger partial charge is 0.0416 e. The monoisotopic (exact) mass is 286 g/mol. The van der Waals surface area contributed by atoms with Crippen LogP contribution in [0.5, 0.6) is 0 Å². The van der Waals surface area contributed by atoms with Gasteiger partial charge in [-0.3, -0.25) is 4.98 Å². The Morgan fingerprint density at radius 3 is 2.25 bits per heavy atom. The van der Waals surface area contributed by atoms with Gasteiger partial charge in [-0.05, 0) is 35.9 Å². The zero-order chi connectivity index (χ0) is 14.2. The second-order valence-corrected chi connectivity index (χ2v) is 5.74. The Labute approximate surface area is 126 Å². The Hall–Kier alpha value is -1.32. The van der Waals surface area contributed by atoms with Gasteiger partial charge >= 0.3 is 0 Å². The fourth-order valence-corrected chi connectivity index (χ4v) is 3.00.